The van der Waals surface area contributed by atoms with E-state index in [1.165, 1.54) is 31.2 Å². The van der Waals surface area contributed by atoms with Crippen molar-refractivity contribution in [1.29, 1.82) is 0 Å². The lowest BCUT2D eigenvalue weighted by Gasteiger charge is -2.48. The minimum atomic E-state index is -0.397. The molecule has 3 rings (SSSR count). The van der Waals surface area contributed by atoms with Crippen molar-refractivity contribution in [2.45, 2.75) is 52.1 Å². The first-order chi connectivity index (χ1) is 10.4. The lowest BCUT2D eigenvalue weighted by atomic mass is 9.77. The number of ether oxygens (including phenoxy) is 1. The van der Waals surface area contributed by atoms with Gasteiger partial charge in [-0.3, -0.25) is 0 Å². The molecular formula is C19H27NO2. The lowest BCUT2D eigenvalue weighted by Crippen LogP contribution is -2.58. The number of hydrogen-bond acceptors (Lipinski definition) is 2. The van der Waals surface area contributed by atoms with Crippen LogP contribution in [-0.2, 0) is 11.2 Å². The van der Waals surface area contributed by atoms with Crippen molar-refractivity contribution in [1.82, 2.24) is 4.90 Å². The highest BCUT2D eigenvalue weighted by atomic mass is 16.6. The average Bonchev–Trinajstić information content (AvgIpc) is 2.80. The minimum absolute atomic E-state index is 0.148. The predicted molar refractivity (Wildman–Crippen MR) is 87.7 cm³/mol. The molecule has 1 amide bonds. The molecule has 1 heterocycles. The van der Waals surface area contributed by atoms with Crippen molar-refractivity contribution >= 4 is 6.09 Å². The van der Waals surface area contributed by atoms with E-state index in [-0.39, 0.29) is 6.09 Å². The molecule has 120 valence electrons. The van der Waals surface area contributed by atoms with E-state index in [2.05, 4.69) is 30.3 Å². The van der Waals surface area contributed by atoms with Crippen LogP contribution >= 0.6 is 0 Å². The first kappa shape index (κ1) is 15.4. The van der Waals surface area contributed by atoms with E-state index in [1.807, 2.05) is 25.7 Å². The van der Waals surface area contributed by atoms with Gasteiger partial charge in [0.25, 0.3) is 0 Å². The van der Waals surface area contributed by atoms with Crippen molar-refractivity contribution in [3.63, 3.8) is 0 Å². The Morgan fingerprint density at radius 3 is 2.59 bits per heavy atom. The van der Waals surface area contributed by atoms with Gasteiger partial charge >= 0.3 is 6.09 Å². The fourth-order valence-corrected chi connectivity index (χ4v) is 3.95. The van der Waals surface area contributed by atoms with Gasteiger partial charge in [0.2, 0.25) is 0 Å². The third-order valence-electron chi connectivity index (χ3n) is 4.88. The summed E-state index contributed by atoms with van der Waals surface area (Å²) in [6, 6.07) is 10.8. The monoisotopic (exact) mass is 301 g/mol. The number of carbonyl (C=O) groups is 1. The molecule has 1 aromatic carbocycles. The maximum absolute atomic E-state index is 12.1. The third-order valence-corrected chi connectivity index (χ3v) is 4.88. The molecule has 2 fully saturated rings. The molecule has 1 atom stereocenters. The van der Waals surface area contributed by atoms with Gasteiger partial charge in [0.05, 0.1) is 0 Å². The number of nitrogens with zero attached hydrogens (tertiary/aromatic N) is 1. The Morgan fingerprint density at radius 1 is 1.27 bits per heavy atom. The van der Waals surface area contributed by atoms with Crippen molar-refractivity contribution in [2.24, 2.45) is 11.3 Å². The number of carbonyl (C=O) groups excluding carboxylic acids is 1. The summed E-state index contributed by atoms with van der Waals surface area (Å²) >= 11 is 0. The van der Waals surface area contributed by atoms with E-state index in [0.29, 0.717) is 5.41 Å². The molecule has 1 aliphatic carbocycles. The van der Waals surface area contributed by atoms with E-state index in [9.17, 15) is 4.79 Å². The second-order valence-corrected chi connectivity index (χ2v) is 8.13. The normalized spacial score (nSPS) is 23.4. The Balaban J connectivity index is 1.49. The molecule has 1 unspecified atom stereocenters. The van der Waals surface area contributed by atoms with Gasteiger partial charge in [-0.25, -0.2) is 4.79 Å². The van der Waals surface area contributed by atoms with E-state index in [4.69, 9.17) is 4.74 Å². The van der Waals surface area contributed by atoms with Crippen LogP contribution in [0, 0.1) is 11.3 Å². The van der Waals surface area contributed by atoms with Gasteiger partial charge in [-0.05, 0) is 57.9 Å². The lowest BCUT2D eigenvalue weighted by molar-refractivity contribution is -0.0332. The first-order valence-electron chi connectivity index (χ1n) is 8.37. The van der Waals surface area contributed by atoms with Crippen molar-refractivity contribution in [3.05, 3.63) is 35.9 Å². The van der Waals surface area contributed by atoms with Crippen LogP contribution in [0.2, 0.25) is 0 Å². The van der Waals surface area contributed by atoms with Gasteiger partial charge in [-0.2, -0.15) is 0 Å². The smallest absolute Gasteiger partial charge is 0.410 e. The molecule has 0 bridgehead atoms. The number of likely N-dealkylation sites (tertiary alicyclic amines) is 1. The fourth-order valence-electron chi connectivity index (χ4n) is 3.95. The number of hydrogen-bond donors (Lipinski definition) is 0. The van der Waals surface area contributed by atoms with Crippen LogP contribution in [0.15, 0.2) is 30.3 Å². The summed E-state index contributed by atoms with van der Waals surface area (Å²) in [5.41, 5.74) is 1.41. The van der Waals surface area contributed by atoms with Gasteiger partial charge in [0, 0.05) is 18.5 Å². The van der Waals surface area contributed by atoms with Gasteiger partial charge in [-0.1, -0.05) is 30.3 Å². The molecule has 0 radical (unpaired) electrons. The third kappa shape index (κ3) is 3.45. The zero-order chi connectivity index (χ0) is 15.8. The van der Waals surface area contributed by atoms with Gasteiger partial charge in [0.15, 0.2) is 0 Å². The topological polar surface area (TPSA) is 29.5 Å². The van der Waals surface area contributed by atoms with Crippen molar-refractivity contribution in [2.75, 3.05) is 13.1 Å². The molecule has 3 nitrogen and oxygen atoms in total. The summed E-state index contributed by atoms with van der Waals surface area (Å²) < 4.78 is 5.45. The molecule has 3 heteroatoms. The standard InChI is InChI=1S/C19H27NO2/c1-18(2,3)22-17(21)20-13-19(14-20)10-9-16(12-19)11-15-7-5-4-6-8-15/h4-8,16H,9-14H2,1-3H3. The van der Waals surface area contributed by atoms with E-state index >= 15 is 0 Å². The van der Waals surface area contributed by atoms with Gasteiger partial charge < -0.3 is 9.64 Å². The fraction of sp³-hybridized carbons (Fsp3) is 0.632. The molecule has 1 aromatic rings. The highest BCUT2D eigenvalue weighted by molar-refractivity contribution is 5.69. The van der Waals surface area contributed by atoms with Crippen LogP contribution in [0.3, 0.4) is 0 Å². The number of benzene rings is 1. The maximum Gasteiger partial charge on any atom is 0.410 e. The predicted octanol–water partition coefficient (Wildman–Crippen LogP) is 4.27. The molecule has 0 aromatic heterocycles. The molecule has 2 aliphatic rings. The Labute approximate surface area is 133 Å². The van der Waals surface area contributed by atoms with E-state index in [0.717, 1.165) is 19.0 Å². The quantitative estimate of drug-likeness (QED) is 0.816. The largest absolute Gasteiger partial charge is 0.444 e. The Bertz CT molecular complexity index is 526. The molecule has 1 aliphatic heterocycles. The van der Waals surface area contributed by atoms with E-state index < -0.39 is 5.60 Å². The number of amides is 1. The highest BCUT2D eigenvalue weighted by Gasteiger charge is 2.50. The zero-order valence-electron chi connectivity index (χ0n) is 14.0. The molecule has 22 heavy (non-hydrogen) atoms. The summed E-state index contributed by atoms with van der Waals surface area (Å²) in [5.74, 6) is 0.767. The number of rotatable bonds is 2. The highest BCUT2D eigenvalue weighted by Crippen LogP contribution is 2.49. The van der Waals surface area contributed by atoms with Crippen LogP contribution in [0.5, 0.6) is 0 Å². The van der Waals surface area contributed by atoms with Crippen LogP contribution in [-0.4, -0.2) is 29.7 Å². The Hall–Kier alpha value is -1.51. The van der Waals surface area contributed by atoms with Gasteiger partial charge in [0.1, 0.15) is 5.60 Å². The van der Waals surface area contributed by atoms with Crippen molar-refractivity contribution in [3.8, 4) is 0 Å². The summed E-state index contributed by atoms with van der Waals surface area (Å²) in [7, 11) is 0. The van der Waals surface area contributed by atoms with Gasteiger partial charge in [-0.15, -0.1) is 0 Å². The van der Waals surface area contributed by atoms with Crippen LogP contribution in [0.1, 0.15) is 45.6 Å². The second-order valence-electron chi connectivity index (χ2n) is 8.13. The first-order valence-corrected chi connectivity index (χ1v) is 8.37. The SMILES string of the molecule is CC(C)(C)OC(=O)N1CC2(CCC(Cc3ccccc3)C2)C1. The van der Waals surface area contributed by atoms with E-state index in [1.54, 1.807) is 0 Å². The van der Waals surface area contributed by atoms with Crippen LogP contribution in [0.25, 0.3) is 0 Å². The molecule has 1 saturated heterocycles. The summed E-state index contributed by atoms with van der Waals surface area (Å²) in [5, 5.41) is 0. The van der Waals surface area contributed by atoms with Crippen molar-refractivity contribution < 1.29 is 9.53 Å². The molecule has 1 spiro atoms. The molecular weight excluding hydrogens is 274 g/mol. The second kappa shape index (κ2) is 5.60. The summed E-state index contributed by atoms with van der Waals surface area (Å²) in [6.07, 6.45) is 4.82. The summed E-state index contributed by atoms with van der Waals surface area (Å²) in [4.78, 5) is 13.9. The molecule has 0 N–H and O–H groups in total. The Kier molecular flexibility index (Phi) is 3.92. The zero-order valence-corrected chi connectivity index (χ0v) is 14.0. The summed E-state index contributed by atoms with van der Waals surface area (Å²) in [6.45, 7) is 7.53. The maximum atomic E-state index is 12.1. The van der Waals surface area contributed by atoms with Crippen LogP contribution in [0.4, 0.5) is 4.79 Å². The van der Waals surface area contributed by atoms with Crippen LogP contribution < -0.4 is 0 Å². The molecule has 1 saturated carbocycles. The minimum Gasteiger partial charge on any atom is -0.444 e. The average molecular weight is 301 g/mol. The Morgan fingerprint density at radius 2 is 1.95 bits per heavy atom.